The standard InChI is InChI=1S/C18H18N2O2S/c21-16(13-20-11-12-23-18(20)22)19-17(14-7-3-1-4-8-14)15-9-5-2-6-10-15/h1-10,17H,11-13H2,(H,19,21). The lowest BCUT2D eigenvalue weighted by molar-refractivity contribution is -0.122. The lowest BCUT2D eigenvalue weighted by atomic mass is 9.99. The first-order valence-electron chi connectivity index (χ1n) is 7.55. The van der Waals surface area contributed by atoms with Gasteiger partial charge < -0.3 is 10.2 Å². The molecule has 1 fully saturated rings. The normalized spacial score (nSPS) is 14.3. The van der Waals surface area contributed by atoms with Gasteiger partial charge in [-0.05, 0) is 11.1 Å². The van der Waals surface area contributed by atoms with Crippen molar-refractivity contribution in [3.63, 3.8) is 0 Å². The molecule has 1 aliphatic rings. The van der Waals surface area contributed by atoms with Crippen LogP contribution < -0.4 is 5.32 Å². The van der Waals surface area contributed by atoms with Crippen LogP contribution in [0.25, 0.3) is 0 Å². The molecule has 0 spiro atoms. The van der Waals surface area contributed by atoms with Crippen molar-refractivity contribution in [3.8, 4) is 0 Å². The first-order valence-corrected chi connectivity index (χ1v) is 8.53. The Morgan fingerprint density at radius 2 is 1.61 bits per heavy atom. The van der Waals surface area contributed by atoms with Gasteiger partial charge in [0.2, 0.25) is 5.91 Å². The molecule has 2 aromatic carbocycles. The van der Waals surface area contributed by atoms with Gasteiger partial charge in [-0.2, -0.15) is 0 Å². The number of carbonyl (C=O) groups is 2. The second-order valence-corrected chi connectivity index (χ2v) is 6.40. The summed E-state index contributed by atoms with van der Waals surface area (Å²) in [6, 6.07) is 19.5. The molecule has 0 aromatic heterocycles. The van der Waals surface area contributed by atoms with Crippen LogP contribution in [0.15, 0.2) is 60.7 Å². The second-order valence-electron chi connectivity index (χ2n) is 5.36. The molecule has 2 aromatic rings. The Morgan fingerprint density at radius 1 is 1.04 bits per heavy atom. The van der Waals surface area contributed by atoms with E-state index in [2.05, 4.69) is 5.32 Å². The fourth-order valence-corrected chi connectivity index (χ4v) is 3.42. The second kappa shape index (κ2) is 7.33. The minimum atomic E-state index is -0.213. The van der Waals surface area contributed by atoms with Crippen molar-refractivity contribution >= 4 is 22.9 Å². The SMILES string of the molecule is O=C(CN1CCSC1=O)NC(c1ccccc1)c1ccccc1. The topological polar surface area (TPSA) is 49.4 Å². The summed E-state index contributed by atoms with van der Waals surface area (Å²) in [4.78, 5) is 25.6. The third-order valence-corrected chi connectivity index (χ3v) is 4.64. The molecule has 0 atom stereocenters. The first kappa shape index (κ1) is 15.6. The Hall–Kier alpha value is -2.27. The fraction of sp³-hybridized carbons (Fsp3) is 0.222. The Balaban J connectivity index is 1.76. The number of benzene rings is 2. The minimum absolute atomic E-state index is 0.0175. The van der Waals surface area contributed by atoms with Crippen LogP contribution in [-0.2, 0) is 4.79 Å². The van der Waals surface area contributed by atoms with Crippen molar-refractivity contribution in [1.29, 1.82) is 0 Å². The van der Waals surface area contributed by atoms with Crippen molar-refractivity contribution in [2.24, 2.45) is 0 Å². The van der Waals surface area contributed by atoms with E-state index in [0.29, 0.717) is 6.54 Å². The van der Waals surface area contributed by atoms with Crippen molar-refractivity contribution in [2.75, 3.05) is 18.8 Å². The summed E-state index contributed by atoms with van der Waals surface area (Å²) in [7, 11) is 0. The number of thioether (sulfide) groups is 1. The molecule has 23 heavy (non-hydrogen) atoms. The average Bonchev–Trinajstić information content (AvgIpc) is 2.99. The highest BCUT2D eigenvalue weighted by atomic mass is 32.2. The number of amides is 2. The van der Waals surface area contributed by atoms with E-state index in [1.807, 2.05) is 60.7 Å². The fourth-order valence-electron chi connectivity index (χ4n) is 2.60. The highest BCUT2D eigenvalue weighted by molar-refractivity contribution is 8.13. The van der Waals surface area contributed by atoms with Crippen molar-refractivity contribution in [2.45, 2.75) is 6.04 Å². The van der Waals surface area contributed by atoms with Gasteiger partial charge in [0.05, 0.1) is 6.04 Å². The Bertz CT molecular complexity index is 636. The molecule has 5 heteroatoms. The zero-order chi connectivity index (χ0) is 16.1. The maximum atomic E-state index is 12.4. The van der Waals surface area contributed by atoms with E-state index in [-0.39, 0.29) is 23.7 Å². The zero-order valence-electron chi connectivity index (χ0n) is 12.6. The molecule has 1 aliphatic heterocycles. The third-order valence-electron chi connectivity index (χ3n) is 3.75. The van der Waals surface area contributed by atoms with E-state index in [4.69, 9.17) is 0 Å². The summed E-state index contributed by atoms with van der Waals surface area (Å²) in [5, 5.41) is 3.04. The summed E-state index contributed by atoms with van der Waals surface area (Å²) >= 11 is 1.27. The summed E-state index contributed by atoms with van der Waals surface area (Å²) in [5.74, 6) is 0.617. The van der Waals surface area contributed by atoms with Crippen LogP contribution in [0.4, 0.5) is 4.79 Å². The van der Waals surface area contributed by atoms with Gasteiger partial charge >= 0.3 is 0 Å². The van der Waals surface area contributed by atoms with E-state index >= 15 is 0 Å². The smallest absolute Gasteiger partial charge is 0.282 e. The molecule has 0 bridgehead atoms. The maximum Gasteiger partial charge on any atom is 0.282 e. The molecule has 0 radical (unpaired) electrons. The van der Waals surface area contributed by atoms with Crippen molar-refractivity contribution < 1.29 is 9.59 Å². The molecule has 2 amide bonds. The van der Waals surface area contributed by atoms with E-state index in [9.17, 15) is 9.59 Å². The quantitative estimate of drug-likeness (QED) is 0.919. The van der Waals surface area contributed by atoms with Crippen LogP contribution >= 0.6 is 11.8 Å². The minimum Gasteiger partial charge on any atom is -0.344 e. The highest BCUT2D eigenvalue weighted by Gasteiger charge is 2.25. The van der Waals surface area contributed by atoms with Gasteiger partial charge in [-0.3, -0.25) is 9.59 Å². The van der Waals surface area contributed by atoms with Crippen LogP contribution in [0, 0.1) is 0 Å². The van der Waals surface area contributed by atoms with E-state index in [1.54, 1.807) is 4.90 Å². The van der Waals surface area contributed by atoms with Crippen LogP contribution in [0.1, 0.15) is 17.2 Å². The average molecular weight is 326 g/mol. The maximum absolute atomic E-state index is 12.4. The summed E-state index contributed by atoms with van der Waals surface area (Å²) < 4.78 is 0. The lowest BCUT2D eigenvalue weighted by Gasteiger charge is -2.22. The predicted molar refractivity (Wildman–Crippen MR) is 92.3 cm³/mol. The molecule has 3 rings (SSSR count). The monoisotopic (exact) mass is 326 g/mol. The van der Waals surface area contributed by atoms with Gasteiger partial charge in [0.25, 0.3) is 5.24 Å². The van der Waals surface area contributed by atoms with E-state index in [1.165, 1.54) is 11.8 Å². The molecule has 1 saturated heterocycles. The van der Waals surface area contributed by atoms with Gasteiger partial charge in [0.1, 0.15) is 6.54 Å². The summed E-state index contributed by atoms with van der Waals surface area (Å²) in [6.07, 6.45) is 0. The molecule has 4 nitrogen and oxygen atoms in total. The predicted octanol–water partition coefficient (Wildman–Crippen LogP) is 3.06. The summed E-state index contributed by atoms with van der Waals surface area (Å²) in [5.41, 5.74) is 2.04. The van der Waals surface area contributed by atoms with Gasteiger partial charge in [-0.15, -0.1) is 0 Å². The van der Waals surface area contributed by atoms with E-state index < -0.39 is 0 Å². The molecule has 0 aliphatic carbocycles. The summed E-state index contributed by atoms with van der Waals surface area (Å²) in [6.45, 7) is 0.750. The largest absolute Gasteiger partial charge is 0.344 e. The number of nitrogens with one attached hydrogen (secondary N) is 1. The molecular weight excluding hydrogens is 308 g/mol. The molecule has 0 unspecified atom stereocenters. The highest BCUT2D eigenvalue weighted by Crippen LogP contribution is 2.22. The van der Waals surface area contributed by atoms with E-state index in [0.717, 1.165) is 16.9 Å². The number of rotatable bonds is 5. The Labute approximate surface area is 139 Å². The Morgan fingerprint density at radius 3 is 2.09 bits per heavy atom. The van der Waals surface area contributed by atoms with Crippen molar-refractivity contribution in [3.05, 3.63) is 71.8 Å². The number of hydrogen-bond acceptors (Lipinski definition) is 3. The molecule has 0 saturated carbocycles. The third kappa shape index (κ3) is 3.93. The van der Waals surface area contributed by atoms with Crippen LogP contribution in [0.2, 0.25) is 0 Å². The lowest BCUT2D eigenvalue weighted by Crippen LogP contribution is -2.39. The number of carbonyl (C=O) groups excluding carboxylic acids is 2. The number of hydrogen-bond donors (Lipinski definition) is 1. The first-order chi connectivity index (χ1) is 11.2. The Kier molecular flexibility index (Phi) is 4.98. The zero-order valence-corrected chi connectivity index (χ0v) is 13.5. The number of nitrogens with zero attached hydrogens (tertiary/aromatic N) is 1. The van der Waals surface area contributed by atoms with Gasteiger partial charge in [0, 0.05) is 12.3 Å². The van der Waals surface area contributed by atoms with Crippen LogP contribution in [0.3, 0.4) is 0 Å². The van der Waals surface area contributed by atoms with Crippen LogP contribution in [0.5, 0.6) is 0 Å². The molecular formula is C18H18N2O2S. The van der Waals surface area contributed by atoms with Crippen molar-refractivity contribution in [1.82, 2.24) is 10.2 Å². The van der Waals surface area contributed by atoms with Crippen LogP contribution in [-0.4, -0.2) is 34.9 Å². The van der Waals surface area contributed by atoms with Gasteiger partial charge in [0.15, 0.2) is 0 Å². The molecule has 1 heterocycles. The molecule has 1 N–H and O–H groups in total. The molecule has 118 valence electrons. The van der Waals surface area contributed by atoms with Gasteiger partial charge in [-0.1, -0.05) is 72.4 Å². The van der Waals surface area contributed by atoms with Gasteiger partial charge in [-0.25, -0.2) is 0 Å².